The number of pyridine rings is 1. The van der Waals surface area contributed by atoms with Crippen LogP contribution in [0.25, 0.3) is 0 Å². The van der Waals surface area contributed by atoms with Gasteiger partial charge in [-0.05, 0) is 18.1 Å². The Bertz CT molecular complexity index is 363. The molecular formula is C12H19N3O. The lowest BCUT2D eigenvalue weighted by molar-refractivity contribution is -0.120. The third kappa shape index (κ3) is 3.03. The summed E-state index contributed by atoms with van der Waals surface area (Å²) >= 11 is 0. The number of rotatable bonds is 4. The summed E-state index contributed by atoms with van der Waals surface area (Å²) in [4.78, 5) is 16.0. The van der Waals surface area contributed by atoms with Crippen molar-refractivity contribution in [2.24, 2.45) is 17.6 Å². The first kappa shape index (κ1) is 12.6. The molecule has 0 spiro atoms. The molecule has 0 saturated heterocycles. The number of nitrogens with one attached hydrogen (secondary N) is 1. The maximum absolute atomic E-state index is 11.8. The van der Waals surface area contributed by atoms with E-state index in [0.717, 1.165) is 0 Å². The van der Waals surface area contributed by atoms with Crippen molar-refractivity contribution in [3.8, 4) is 0 Å². The Morgan fingerprint density at radius 1 is 1.50 bits per heavy atom. The van der Waals surface area contributed by atoms with E-state index in [2.05, 4.69) is 10.3 Å². The molecule has 1 rings (SSSR count). The predicted molar refractivity (Wildman–Crippen MR) is 64.8 cm³/mol. The second kappa shape index (κ2) is 5.61. The molecule has 0 saturated carbocycles. The Labute approximate surface area is 96.3 Å². The zero-order valence-corrected chi connectivity index (χ0v) is 10.0. The molecular weight excluding hydrogens is 202 g/mol. The number of carbonyl (C=O) groups is 1. The summed E-state index contributed by atoms with van der Waals surface area (Å²) < 4.78 is 0. The van der Waals surface area contributed by atoms with Gasteiger partial charge in [-0.3, -0.25) is 9.78 Å². The Balaban J connectivity index is 2.76. The van der Waals surface area contributed by atoms with Crippen LogP contribution in [-0.4, -0.2) is 10.9 Å². The summed E-state index contributed by atoms with van der Waals surface area (Å²) in [7, 11) is 0. The van der Waals surface area contributed by atoms with E-state index >= 15 is 0 Å². The summed E-state index contributed by atoms with van der Waals surface area (Å²) in [6, 6.07) is 3.61. The molecule has 16 heavy (non-hydrogen) atoms. The number of amides is 1. The number of carbonyl (C=O) groups excluding carboxylic acids is 1. The summed E-state index contributed by atoms with van der Waals surface area (Å²) in [5.74, 6) is 0.307. The molecule has 1 amide bonds. The Hall–Kier alpha value is -1.42. The van der Waals surface area contributed by atoms with Crippen LogP contribution >= 0.6 is 0 Å². The van der Waals surface area contributed by atoms with Crippen molar-refractivity contribution in [1.29, 1.82) is 0 Å². The number of nitrogens with two attached hydrogens (primary N) is 1. The first-order valence-corrected chi connectivity index (χ1v) is 5.51. The second-order valence-corrected chi connectivity index (χ2v) is 4.22. The first-order valence-electron chi connectivity index (χ1n) is 5.51. The predicted octanol–water partition coefficient (Wildman–Crippen LogP) is 1.77. The first-order chi connectivity index (χ1) is 7.56. The highest BCUT2D eigenvalue weighted by atomic mass is 16.1. The van der Waals surface area contributed by atoms with Crippen LogP contribution in [0.2, 0.25) is 0 Å². The van der Waals surface area contributed by atoms with Gasteiger partial charge in [0, 0.05) is 18.7 Å². The van der Waals surface area contributed by atoms with Crippen molar-refractivity contribution in [2.75, 3.05) is 5.32 Å². The molecule has 1 aromatic rings. The third-order valence-corrected chi connectivity index (χ3v) is 2.76. The maximum atomic E-state index is 11.8. The largest absolute Gasteiger partial charge is 0.325 e. The highest BCUT2D eigenvalue weighted by Gasteiger charge is 2.17. The Morgan fingerprint density at radius 3 is 2.75 bits per heavy atom. The minimum absolute atomic E-state index is 0.0118. The van der Waals surface area contributed by atoms with Gasteiger partial charge in [-0.1, -0.05) is 20.8 Å². The highest BCUT2D eigenvalue weighted by molar-refractivity contribution is 5.92. The molecule has 0 radical (unpaired) electrons. The molecule has 1 unspecified atom stereocenters. The lowest BCUT2D eigenvalue weighted by Gasteiger charge is -2.16. The van der Waals surface area contributed by atoms with Crippen LogP contribution in [0.1, 0.15) is 26.5 Å². The zero-order chi connectivity index (χ0) is 12.1. The van der Waals surface area contributed by atoms with E-state index in [1.807, 2.05) is 26.8 Å². The maximum Gasteiger partial charge on any atom is 0.227 e. The molecule has 0 aromatic carbocycles. The van der Waals surface area contributed by atoms with Crippen LogP contribution in [0.5, 0.6) is 0 Å². The lowest BCUT2D eigenvalue weighted by Crippen LogP contribution is -2.25. The van der Waals surface area contributed by atoms with Gasteiger partial charge in [-0.25, -0.2) is 0 Å². The number of nitrogens with zero attached hydrogens (tertiary/aromatic N) is 1. The van der Waals surface area contributed by atoms with Gasteiger partial charge >= 0.3 is 0 Å². The fraction of sp³-hybridized carbons (Fsp3) is 0.500. The van der Waals surface area contributed by atoms with Gasteiger partial charge in [0.05, 0.1) is 11.4 Å². The molecule has 4 nitrogen and oxygen atoms in total. The zero-order valence-electron chi connectivity index (χ0n) is 10.0. The average Bonchev–Trinajstić information content (AvgIpc) is 2.28. The SMILES string of the molecule is CC(C)C(C)C(=O)Nc1cccnc1CN. The van der Waals surface area contributed by atoms with E-state index < -0.39 is 0 Å². The highest BCUT2D eigenvalue weighted by Crippen LogP contribution is 2.16. The van der Waals surface area contributed by atoms with Crippen molar-refractivity contribution in [3.63, 3.8) is 0 Å². The molecule has 0 aliphatic heterocycles. The molecule has 0 fully saturated rings. The van der Waals surface area contributed by atoms with E-state index in [9.17, 15) is 4.79 Å². The van der Waals surface area contributed by atoms with Gasteiger partial charge in [0.1, 0.15) is 0 Å². The van der Waals surface area contributed by atoms with Crippen LogP contribution in [-0.2, 0) is 11.3 Å². The van der Waals surface area contributed by atoms with E-state index in [1.165, 1.54) is 0 Å². The van der Waals surface area contributed by atoms with Crippen LogP contribution in [0.15, 0.2) is 18.3 Å². The van der Waals surface area contributed by atoms with Crippen molar-refractivity contribution in [2.45, 2.75) is 27.3 Å². The molecule has 1 heterocycles. The fourth-order valence-electron chi connectivity index (χ4n) is 1.26. The van der Waals surface area contributed by atoms with Crippen molar-refractivity contribution in [3.05, 3.63) is 24.0 Å². The minimum atomic E-state index is -0.0224. The average molecular weight is 221 g/mol. The normalized spacial score (nSPS) is 12.6. The van der Waals surface area contributed by atoms with Gasteiger partial charge in [-0.15, -0.1) is 0 Å². The van der Waals surface area contributed by atoms with Crippen molar-refractivity contribution in [1.82, 2.24) is 4.98 Å². The van der Waals surface area contributed by atoms with Crippen LogP contribution < -0.4 is 11.1 Å². The number of aromatic nitrogens is 1. The molecule has 1 atom stereocenters. The number of hydrogen-bond acceptors (Lipinski definition) is 3. The van der Waals surface area contributed by atoms with Crippen LogP contribution in [0.4, 0.5) is 5.69 Å². The van der Waals surface area contributed by atoms with Gasteiger partial charge in [0.15, 0.2) is 0 Å². The van der Waals surface area contributed by atoms with Gasteiger partial charge in [0.2, 0.25) is 5.91 Å². The molecule has 4 heteroatoms. The van der Waals surface area contributed by atoms with Gasteiger partial charge in [0.25, 0.3) is 0 Å². The molecule has 3 N–H and O–H groups in total. The van der Waals surface area contributed by atoms with Gasteiger partial charge < -0.3 is 11.1 Å². The topological polar surface area (TPSA) is 68.0 Å². The molecule has 1 aromatic heterocycles. The molecule has 0 aliphatic rings. The van der Waals surface area contributed by atoms with E-state index in [4.69, 9.17) is 5.73 Å². The quantitative estimate of drug-likeness (QED) is 0.814. The second-order valence-electron chi connectivity index (χ2n) is 4.22. The summed E-state index contributed by atoms with van der Waals surface area (Å²) in [5, 5.41) is 2.86. The Morgan fingerprint density at radius 2 is 2.19 bits per heavy atom. The molecule has 0 bridgehead atoms. The fourth-order valence-corrected chi connectivity index (χ4v) is 1.26. The van der Waals surface area contributed by atoms with E-state index in [0.29, 0.717) is 23.8 Å². The van der Waals surface area contributed by atoms with Crippen molar-refractivity contribution < 1.29 is 4.79 Å². The lowest BCUT2D eigenvalue weighted by atomic mass is 9.97. The third-order valence-electron chi connectivity index (χ3n) is 2.76. The van der Waals surface area contributed by atoms with E-state index in [-0.39, 0.29) is 11.8 Å². The van der Waals surface area contributed by atoms with Crippen LogP contribution in [0, 0.1) is 11.8 Å². The number of hydrogen-bond donors (Lipinski definition) is 2. The molecule has 0 aliphatic carbocycles. The summed E-state index contributed by atoms with van der Waals surface area (Å²) in [5.41, 5.74) is 6.97. The monoisotopic (exact) mass is 221 g/mol. The standard InChI is InChI=1S/C12H19N3O/c1-8(2)9(3)12(16)15-10-5-4-6-14-11(10)7-13/h4-6,8-9H,7,13H2,1-3H3,(H,15,16). The summed E-state index contributed by atoms with van der Waals surface area (Å²) in [6.07, 6.45) is 1.67. The Kier molecular flexibility index (Phi) is 4.43. The van der Waals surface area contributed by atoms with Crippen LogP contribution in [0.3, 0.4) is 0 Å². The molecule has 88 valence electrons. The summed E-state index contributed by atoms with van der Waals surface area (Å²) in [6.45, 7) is 6.29. The van der Waals surface area contributed by atoms with E-state index in [1.54, 1.807) is 12.3 Å². The van der Waals surface area contributed by atoms with Crippen molar-refractivity contribution >= 4 is 11.6 Å². The number of anilines is 1. The smallest absolute Gasteiger partial charge is 0.227 e. The van der Waals surface area contributed by atoms with Gasteiger partial charge in [-0.2, -0.15) is 0 Å². The minimum Gasteiger partial charge on any atom is -0.325 e.